The molecule has 4 nitrogen and oxygen atoms in total. The Hall–Kier alpha value is -1.18. The number of hydrogen-bond donors (Lipinski definition) is 0. The highest BCUT2D eigenvalue weighted by Crippen LogP contribution is 2.38. The Morgan fingerprint density at radius 3 is 2.48 bits per heavy atom. The van der Waals surface area contributed by atoms with Crippen molar-refractivity contribution in [3.63, 3.8) is 0 Å². The fraction of sp³-hybridized carbons (Fsp3) is 0.647. The number of alkyl halides is 3. The molecule has 0 radical (unpaired) electrons. The molecule has 2 aliphatic rings. The lowest BCUT2D eigenvalue weighted by Crippen LogP contribution is -2.37. The van der Waals surface area contributed by atoms with Gasteiger partial charge in [0.05, 0.1) is 24.8 Å². The maximum absolute atomic E-state index is 12.6. The van der Waals surface area contributed by atoms with E-state index in [4.69, 9.17) is 21.1 Å². The van der Waals surface area contributed by atoms with Crippen LogP contribution in [0.2, 0.25) is 5.02 Å². The van der Waals surface area contributed by atoms with Crippen molar-refractivity contribution in [3.8, 4) is 11.5 Å². The van der Waals surface area contributed by atoms with Crippen LogP contribution in [-0.4, -0.2) is 61.9 Å². The average molecular weight is 379 g/mol. The van der Waals surface area contributed by atoms with Crippen molar-refractivity contribution in [2.75, 3.05) is 45.9 Å². The van der Waals surface area contributed by atoms with Crippen LogP contribution in [0.1, 0.15) is 18.4 Å². The quantitative estimate of drug-likeness (QED) is 0.802. The fourth-order valence-corrected chi connectivity index (χ4v) is 3.52. The van der Waals surface area contributed by atoms with Crippen LogP contribution in [0.25, 0.3) is 0 Å². The lowest BCUT2D eigenvalue weighted by atomic mass is 10.2. The van der Waals surface area contributed by atoms with Gasteiger partial charge in [0.15, 0.2) is 11.5 Å². The van der Waals surface area contributed by atoms with Crippen LogP contribution >= 0.6 is 11.6 Å². The lowest BCUT2D eigenvalue weighted by Gasteiger charge is -2.23. The molecule has 1 aromatic carbocycles. The van der Waals surface area contributed by atoms with Crippen LogP contribution in [0.5, 0.6) is 11.5 Å². The van der Waals surface area contributed by atoms with Gasteiger partial charge in [0.25, 0.3) is 0 Å². The van der Waals surface area contributed by atoms with Crippen molar-refractivity contribution in [1.82, 2.24) is 9.80 Å². The van der Waals surface area contributed by atoms with Gasteiger partial charge in [0, 0.05) is 26.1 Å². The second-order valence-corrected chi connectivity index (χ2v) is 6.88. The molecule has 0 spiro atoms. The number of rotatable bonds is 3. The standard InChI is InChI=1S/C17H22ClF3N2O2/c18-14-9-13(10-15-16(14)25-8-2-7-24-15)11-22-3-1-4-23(6-5-22)12-17(19,20)21/h9-10H,1-8,11-12H2. The monoisotopic (exact) mass is 378 g/mol. The highest BCUT2D eigenvalue weighted by atomic mass is 35.5. The normalized spacial score (nSPS) is 20.2. The number of benzene rings is 1. The Morgan fingerprint density at radius 2 is 1.68 bits per heavy atom. The summed E-state index contributed by atoms with van der Waals surface area (Å²) in [5.41, 5.74) is 0.985. The van der Waals surface area contributed by atoms with Gasteiger partial charge >= 0.3 is 6.18 Å². The molecule has 2 aliphatic heterocycles. The highest BCUT2D eigenvalue weighted by Gasteiger charge is 2.31. The minimum Gasteiger partial charge on any atom is -0.489 e. The molecule has 1 aromatic rings. The molecular weight excluding hydrogens is 357 g/mol. The second-order valence-electron chi connectivity index (χ2n) is 6.48. The third-order valence-corrected chi connectivity index (χ3v) is 4.63. The van der Waals surface area contributed by atoms with E-state index in [-0.39, 0.29) is 0 Å². The number of ether oxygens (including phenoxy) is 2. The van der Waals surface area contributed by atoms with Crippen LogP contribution < -0.4 is 9.47 Å². The molecule has 0 saturated carbocycles. The summed E-state index contributed by atoms with van der Waals surface area (Å²) in [6, 6.07) is 3.78. The molecule has 1 saturated heterocycles. The van der Waals surface area contributed by atoms with E-state index in [1.54, 1.807) is 0 Å². The van der Waals surface area contributed by atoms with Crippen molar-refractivity contribution in [2.24, 2.45) is 0 Å². The van der Waals surface area contributed by atoms with E-state index in [0.29, 0.717) is 62.3 Å². The minimum absolute atomic E-state index is 0.414. The maximum Gasteiger partial charge on any atom is 0.401 e. The number of fused-ring (bicyclic) bond motifs is 1. The van der Waals surface area contributed by atoms with Gasteiger partial charge in [-0.3, -0.25) is 9.80 Å². The van der Waals surface area contributed by atoms with E-state index >= 15 is 0 Å². The van der Waals surface area contributed by atoms with E-state index in [2.05, 4.69) is 4.90 Å². The molecule has 0 unspecified atom stereocenters. The van der Waals surface area contributed by atoms with Crippen LogP contribution in [0, 0.1) is 0 Å². The Bertz CT molecular complexity index is 598. The Labute approximate surface area is 150 Å². The second kappa shape index (κ2) is 8.01. The summed E-state index contributed by atoms with van der Waals surface area (Å²) in [5.74, 6) is 1.23. The zero-order chi connectivity index (χ0) is 17.9. The van der Waals surface area contributed by atoms with Gasteiger partial charge in [-0.05, 0) is 37.2 Å². The van der Waals surface area contributed by atoms with E-state index in [9.17, 15) is 13.2 Å². The zero-order valence-corrected chi connectivity index (χ0v) is 14.7. The topological polar surface area (TPSA) is 24.9 Å². The first-order chi connectivity index (χ1) is 11.9. The predicted octanol–water partition coefficient (Wildman–Crippen LogP) is 3.57. The largest absolute Gasteiger partial charge is 0.489 e. The van der Waals surface area contributed by atoms with Crippen LogP contribution in [0.15, 0.2) is 12.1 Å². The summed E-state index contributed by atoms with van der Waals surface area (Å²) in [6.45, 7) is 3.21. The van der Waals surface area contributed by atoms with Gasteiger partial charge < -0.3 is 9.47 Å². The molecule has 0 aliphatic carbocycles. The molecular formula is C17H22ClF3N2O2. The van der Waals surface area contributed by atoms with Gasteiger partial charge in [-0.25, -0.2) is 0 Å². The average Bonchev–Trinajstić information content (AvgIpc) is 2.87. The molecule has 0 bridgehead atoms. The van der Waals surface area contributed by atoms with E-state index in [1.807, 2.05) is 12.1 Å². The van der Waals surface area contributed by atoms with Gasteiger partial charge in [-0.2, -0.15) is 13.2 Å². The predicted molar refractivity (Wildman–Crippen MR) is 89.4 cm³/mol. The van der Waals surface area contributed by atoms with Crippen LogP contribution in [-0.2, 0) is 6.54 Å². The lowest BCUT2D eigenvalue weighted by molar-refractivity contribution is -0.145. The smallest absolute Gasteiger partial charge is 0.401 e. The Kier molecular flexibility index (Phi) is 5.96. The van der Waals surface area contributed by atoms with Crippen molar-refractivity contribution in [2.45, 2.75) is 25.6 Å². The summed E-state index contributed by atoms with van der Waals surface area (Å²) >= 11 is 6.31. The van der Waals surface area contributed by atoms with Gasteiger partial charge in [-0.1, -0.05) is 11.6 Å². The van der Waals surface area contributed by atoms with Crippen LogP contribution in [0.3, 0.4) is 0 Å². The summed E-state index contributed by atoms with van der Waals surface area (Å²) in [7, 11) is 0. The molecule has 0 N–H and O–H groups in total. The minimum atomic E-state index is -4.14. The van der Waals surface area contributed by atoms with Gasteiger partial charge in [-0.15, -0.1) is 0 Å². The van der Waals surface area contributed by atoms with Gasteiger partial charge in [0.2, 0.25) is 0 Å². The number of nitrogens with zero attached hydrogens (tertiary/aromatic N) is 2. The SMILES string of the molecule is FC(F)(F)CN1CCCN(Cc2cc(Cl)c3c(c2)OCCCO3)CC1. The molecule has 0 aromatic heterocycles. The first-order valence-corrected chi connectivity index (χ1v) is 8.88. The summed E-state index contributed by atoms with van der Waals surface area (Å²) in [6.07, 6.45) is -2.62. The van der Waals surface area contributed by atoms with Crippen molar-refractivity contribution in [3.05, 3.63) is 22.7 Å². The fourth-order valence-electron chi connectivity index (χ4n) is 3.23. The number of hydrogen-bond acceptors (Lipinski definition) is 4. The first kappa shape index (κ1) is 18.6. The molecule has 0 amide bonds. The van der Waals surface area contributed by atoms with E-state index in [1.165, 1.54) is 4.90 Å². The zero-order valence-electron chi connectivity index (χ0n) is 13.9. The summed E-state index contributed by atoms with van der Waals surface area (Å²) in [5, 5.41) is 0.517. The summed E-state index contributed by atoms with van der Waals surface area (Å²) < 4.78 is 49.0. The Balaban J connectivity index is 1.63. The third kappa shape index (κ3) is 5.39. The van der Waals surface area contributed by atoms with Crippen molar-refractivity contribution in [1.29, 1.82) is 0 Å². The van der Waals surface area contributed by atoms with E-state index < -0.39 is 12.7 Å². The Morgan fingerprint density at radius 1 is 0.960 bits per heavy atom. The highest BCUT2D eigenvalue weighted by molar-refractivity contribution is 6.32. The summed E-state index contributed by atoms with van der Waals surface area (Å²) in [4.78, 5) is 3.63. The number of halogens is 4. The molecule has 2 heterocycles. The molecule has 8 heteroatoms. The molecule has 1 fully saturated rings. The van der Waals surface area contributed by atoms with E-state index in [0.717, 1.165) is 18.5 Å². The third-order valence-electron chi connectivity index (χ3n) is 4.35. The molecule has 25 heavy (non-hydrogen) atoms. The first-order valence-electron chi connectivity index (χ1n) is 8.50. The van der Waals surface area contributed by atoms with Crippen LogP contribution in [0.4, 0.5) is 13.2 Å². The van der Waals surface area contributed by atoms with Gasteiger partial charge in [0.1, 0.15) is 0 Å². The van der Waals surface area contributed by atoms with Crippen molar-refractivity contribution < 1.29 is 22.6 Å². The maximum atomic E-state index is 12.6. The molecule has 3 rings (SSSR count). The molecule has 0 atom stereocenters. The molecule has 140 valence electrons. The van der Waals surface area contributed by atoms with Crippen molar-refractivity contribution >= 4 is 11.6 Å².